The van der Waals surface area contributed by atoms with E-state index >= 15 is 0 Å². The van der Waals surface area contributed by atoms with Crippen LogP contribution in [0.15, 0.2) is 47.5 Å². The maximum atomic E-state index is 13.4. The molecular formula is C22H27FN4O. The van der Waals surface area contributed by atoms with Gasteiger partial charge >= 0.3 is 0 Å². The van der Waals surface area contributed by atoms with Gasteiger partial charge in [-0.1, -0.05) is 36.4 Å². The van der Waals surface area contributed by atoms with Gasteiger partial charge in [0.2, 0.25) is 5.91 Å². The summed E-state index contributed by atoms with van der Waals surface area (Å²) in [5.41, 5.74) is 3.90. The molecule has 0 aliphatic carbocycles. The number of benzene rings is 2. The lowest BCUT2D eigenvalue weighted by atomic mass is 10.1. The van der Waals surface area contributed by atoms with Crippen molar-refractivity contribution in [2.24, 2.45) is 4.99 Å². The highest BCUT2D eigenvalue weighted by molar-refractivity contribution is 5.79. The van der Waals surface area contributed by atoms with Crippen LogP contribution in [0.25, 0.3) is 0 Å². The van der Waals surface area contributed by atoms with Crippen LogP contribution in [0.3, 0.4) is 0 Å². The molecule has 1 heterocycles. The van der Waals surface area contributed by atoms with E-state index in [-0.39, 0.29) is 11.7 Å². The van der Waals surface area contributed by atoms with Crippen LogP contribution in [0, 0.1) is 12.7 Å². The molecule has 6 heteroatoms. The number of likely N-dealkylation sites (tertiary alicyclic amines) is 1. The summed E-state index contributed by atoms with van der Waals surface area (Å²) in [6.07, 6.45) is 1.62. The Hall–Kier alpha value is -2.89. The second-order valence-corrected chi connectivity index (χ2v) is 7.10. The van der Waals surface area contributed by atoms with Gasteiger partial charge in [-0.05, 0) is 41.7 Å². The number of halogens is 1. The van der Waals surface area contributed by atoms with Gasteiger partial charge in [0.05, 0.1) is 0 Å². The summed E-state index contributed by atoms with van der Waals surface area (Å²) >= 11 is 0. The molecule has 1 aliphatic rings. The molecule has 2 aromatic carbocycles. The van der Waals surface area contributed by atoms with Crippen LogP contribution in [-0.2, 0) is 24.4 Å². The highest BCUT2D eigenvalue weighted by Crippen LogP contribution is 2.15. The fourth-order valence-corrected chi connectivity index (χ4v) is 3.34. The van der Waals surface area contributed by atoms with Gasteiger partial charge in [0, 0.05) is 39.6 Å². The van der Waals surface area contributed by atoms with Crippen molar-refractivity contribution < 1.29 is 9.18 Å². The lowest BCUT2D eigenvalue weighted by Gasteiger charge is -2.16. The van der Waals surface area contributed by atoms with E-state index in [0.29, 0.717) is 37.6 Å². The number of nitrogens with one attached hydrogen (secondary N) is 2. The smallest absolute Gasteiger partial charge is 0.222 e. The molecule has 1 aliphatic heterocycles. The van der Waals surface area contributed by atoms with Crippen molar-refractivity contribution in [1.29, 1.82) is 0 Å². The Morgan fingerprint density at radius 3 is 2.46 bits per heavy atom. The van der Waals surface area contributed by atoms with E-state index in [1.807, 2.05) is 17.0 Å². The van der Waals surface area contributed by atoms with Gasteiger partial charge in [0.1, 0.15) is 5.82 Å². The van der Waals surface area contributed by atoms with Gasteiger partial charge < -0.3 is 15.5 Å². The lowest BCUT2D eigenvalue weighted by Crippen LogP contribution is -2.36. The topological polar surface area (TPSA) is 56.7 Å². The Morgan fingerprint density at radius 1 is 1.11 bits per heavy atom. The third-order valence-electron chi connectivity index (χ3n) is 4.90. The molecule has 3 rings (SSSR count). The summed E-state index contributed by atoms with van der Waals surface area (Å²) in [7, 11) is 1.72. The zero-order valence-electron chi connectivity index (χ0n) is 16.5. The van der Waals surface area contributed by atoms with Crippen molar-refractivity contribution in [2.75, 3.05) is 13.6 Å². The van der Waals surface area contributed by atoms with Crippen LogP contribution in [0.2, 0.25) is 0 Å². The highest BCUT2D eigenvalue weighted by Gasteiger charge is 2.19. The summed E-state index contributed by atoms with van der Waals surface area (Å²) < 4.78 is 13.4. The Morgan fingerprint density at radius 2 is 1.82 bits per heavy atom. The molecule has 1 amide bonds. The number of guanidine groups is 1. The Bertz CT molecular complexity index is 865. The average Bonchev–Trinajstić information content (AvgIpc) is 3.09. The molecule has 2 aromatic rings. The van der Waals surface area contributed by atoms with Gasteiger partial charge in [-0.15, -0.1) is 0 Å². The fourth-order valence-electron chi connectivity index (χ4n) is 3.34. The molecule has 5 nitrogen and oxygen atoms in total. The minimum atomic E-state index is -0.193. The summed E-state index contributed by atoms with van der Waals surface area (Å²) in [5.74, 6) is 0.730. The Labute approximate surface area is 165 Å². The molecule has 0 spiro atoms. The molecule has 0 unspecified atom stereocenters. The van der Waals surface area contributed by atoms with Crippen molar-refractivity contribution >= 4 is 11.9 Å². The second kappa shape index (κ2) is 9.35. The molecule has 148 valence electrons. The summed E-state index contributed by atoms with van der Waals surface area (Å²) in [5, 5.41) is 6.54. The largest absolute Gasteiger partial charge is 0.352 e. The molecule has 1 saturated heterocycles. The molecule has 28 heavy (non-hydrogen) atoms. The second-order valence-electron chi connectivity index (χ2n) is 7.10. The highest BCUT2D eigenvalue weighted by atomic mass is 19.1. The monoisotopic (exact) mass is 382 g/mol. The number of hydrogen-bond donors (Lipinski definition) is 2. The predicted octanol–water partition coefficient (Wildman–Crippen LogP) is 3.12. The summed E-state index contributed by atoms with van der Waals surface area (Å²) in [6, 6.07) is 13.3. The molecule has 2 N–H and O–H groups in total. The number of nitrogens with zero attached hydrogens (tertiary/aromatic N) is 2. The molecule has 0 aromatic heterocycles. The van der Waals surface area contributed by atoms with Crippen molar-refractivity contribution in [3.8, 4) is 0 Å². The van der Waals surface area contributed by atoms with Gasteiger partial charge in [-0.2, -0.15) is 0 Å². The maximum Gasteiger partial charge on any atom is 0.222 e. The summed E-state index contributed by atoms with van der Waals surface area (Å²) in [6.45, 7) is 4.47. The third kappa shape index (κ3) is 5.31. The van der Waals surface area contributed by atoms with E-state index in [1.54, 1.807) is 20.0 Å². The van der Waals surface area contributed by atoms with Gasteiger partial charge in [0.15, 0.2) is 5.96 Å². The van der Waals surface area contributed by atoms with Gasteiger partial charge in [-0.25, -0.2) is 4.39 Å². The van der Waals surface area contributed by atoms with Gasteiger partial charge in [0.25, 0.3) is 0 Å². The van der Waals surface area contributed by atoms with Crippen molar-refractivity contribution in [3.63, 3.8) is 0 Å². The van der Waals surface area contributed by atoms with E-state index in [0.717, 1.165) is 29.7 Å². The minimum Gasteiger partial charge on any atom is -0.352 e. The standard InChI is InChI=1S/C22H27FN4O/c1-16-11-18(8-9-20(16)23)14-26-22(24-2)25-13-17-5-3-6-19(12-17)15-27-10-4-7-21(27)28/h3,5-6,8-9,11-12H,4,7,10,13-15H2,1-2H3,(H2,24,25,26). The number of hydrogen-bond acceptors (Lipinski definition) is 2. The predicted molar refractivity (Wildman–Crippen MR) is 109 cm³/mol. The van der Waals surface area contributed by atoms with E-state index < -0.39 is 0 Å². The van der Waals surface area contributed by atoms with Crippen LogP contribution < -0.4 is 10.6 Å². The maximum absolute atomic E-state index is 13.4. The quantitative estimate of drug-likeness (QED) is 0.596. The van der Waals surface area contributed by atoms with Gasteiger partial charge in [-0.3, -0.25) is 9.79 Å². The molecule has 0 radical (unpaired) electrons. The summed E-state index contributed by atoms with van der Waals surface area (Å²) in [4.78, 5) is 18.0. The van der Waals surface area contributed by atoms with E-state index in [1.165, 1.54) is 6.07 Å². The first-order chi connectivity index (χ1) is 13.5. The first kappa shape index (κ1) is 19.9. The number of aryl methyl sites for hydroxylation is 1. The average molecular weight is 382 g/mol. The van der Waals surface area contributed by atoms with Crippen LogP contribution in [-0.4, -0.2) is 30.4 Å². The van der Waals surface area contributed by atoms with E-state index in [4.69, 9.17) is 0 Å². The normalized spacial score (nSPS) is 14.5. The molecule has 0 atom stereocenters. The van der Waals surface area contributed by atoms with Crippen LogP contribution in [0.5, 0.6) is 0 Å². The number of rotatable bonds is 6. The fraction of sp³-hybridized carbons (Fsp3) is 0.364. The zero-order valence-corrected chi connectivity index (χ0v) is 16.5. The number of carbonyl (C=O) groups excluding carboxylic acids is 1. The molecule has 0 bridgehead atoms. The number of aliphatic imine (C=N–C) groups is 1. The first-order valence-corrected chi connectivity index (χ1v) is 9.60. The van der Waals surface area contributed by atoms with Crippen LogP contribution >= 0.6 is 0 Å². The van der Waals surface area contributed by atoms with Crippen LogP contribution in [0.1, 0.15) is 35.1 Å². The van der Waals surface area contributed by atoms with Crippen LogP contribution in [0.4, 0.5) is 4.39 Å². The zero-order chi connectivity index (χ0) is 19.9. The Kier molecular flexibility index (Phi) is 6.63. The lowest BCUT2D eigenvalue weighted by molar-refractivity contribution is -0.128. The number of carbonyl (C=O) groups is 1. The molecular weight excluding hydrogens is 355 g/mol. The van der Waals surface area contributed by atoms with Crippen molar-refractivity contribution in [2.45, 2.75) is 39.4 Å². The SMILES string of the molecule is CN=C(NCc1cccc(CN2CCCC2=O)c1)NCc1ccc(F)c(C)c1. The Balaban J connectivity index is 1.52. The molecule has 0 saturated carbocycles. The van der Waals surface area contributed by atoms with E-state index in [9.17, 15) is 9.18 Å². The van der Waals surface area contributed by atoms with E-state index in [2.05, 4.69) is 33.8 Å². The van der Waals surface area contributed by atoms with Crippen molar-refractivity contribution in [3.05, 3.63) is 70.5 Å². The molecule has 1 fully saturated rings. The number of amides is 1. The van der Waals surface area contributed by atoms with Crippen molar-refractivity contribution in [1.82, 2.24) is 15.5 Å². The minimum absolute atomic E-state index is 0.193. The first-order valence-electron chi connectivity index (χ1n) is 9.60. The third-order valence-corrected chi connectivity index (χ3v) is 4.90.